The molecule has 2 saturated heterocycles. The summed E-state index contributed by atoms with van der Waals surface area (Å²) in [6.45, 7) is 8.92. The first-order chi connectivity index (χ1) is 28.5. The molecular weight excluding hydrogens is 753 g/mol. The highest BCUT2D eigenvalue weighted by molar-refractivity contribution is 6.07. The highest BCUT2D eigenvalue weighted by Crippen LogP contribution is 2.44. The third kappa shape index (κ3) is 7.57. The van der Waals surface area contributed by atoms with Gasteiger partial charge in [0.15, 0.2) is 0 Å². The third-order valence-electron chi connectivity index (χ3n) is 12.7. The van der Waals surface area contributed by atoms with E-state index in [0.717, 1.165) is 99.3 Å². The lowest BCUT2D eigenvalue weighted by molar-refractivity contribution is -0.136. The van der Waals surface area contributed by atoms with E-state index in [9.17, 15) is 14.4 Å². The maximum atomic E-state index is 13.6. The second-order valence-corrected chi connectivity index (χ2v) is 16.1. The molecule has 3 aromatic carbocycles. The van der Waals surface area contributed by atoms with E-state index in [0.29, 0.717) is 19.2 Å². The molecule has 0 aliphatic carbocycles. The molecule has 2 fully saturated rings. The van der Waals surface area contributed by atoms with Crippen molar-refractivity contribution in [3.63, 3.8) is 0 Å². The van der Waals surface area contributed by atoms with Gasteiger partial charge in [0.2, 0.25) is 5.91 Å². The van der Waals surface area contributed by atoms with Gasteiger partial charge in [-0.1, -0.05) is 25.1 Å². The number of ether oxygens (including phenoxy) is 4. The number of H-pyrrole nitrogens is 2. The number of nitrogens with one attached hydrogen (secondary N) is 4. The highest BCUT2D eigenvalue weighted by Gasteiger charge is 2.41. The van der Waals surface area contributed by atoms with Crippen LogP contribution in [0.25, 0.3) is 44.2 Å². The summed E-state index contributed by atoms with van der Waals surface area (Å²) in [6, 6.07) is 14.1. The van der Waals surface area contributed by atoms with Crippen molar-refractivity contribution < 1.29 is 33.3 Å². The number of aromatic nitrogens is 4. The second-order valence-electron chi connectivity index (χ2n) is 16.1. The van der Waals surface area contributed by atoms with Crippen molar-refractivity contribution in [2.24, 2.45) is 0 Å². The summed E-state index contributed by atoms with van der Waals surface area (Å²) >= 11 is 0. The summed E-state index contributed by atoms with van der Waals surface area (Å²) in [6.07, 6.45) is 4.90. The Morgan fingerprint density at radius 1 is 0.915 bits per heavy atom. The van der Waals surface area contributed by atoms with Gasteiger partial charge in [-0.15, -0.1) is 0 Å². The van der Waals surface area contributed by atoms with Gasteiger partial charge in [0.1, 0.15) is 30.0 Å². The molecule has 5 aromatic rings. The van der Waals surface area contributed by atoms with Crippen LogP contribution >= 0.6 is 0 Å². The Kier molecular flexibility index (Phi) is 11.2. The molecular formula is C44H54N8O7. The third-order valence-corrected chi connectivity index (χ3v) is 12.7. The number of imidazole rings is 2. The van der Waals surface area contributed by atoms with E-state index < -0.39 is 18.2 Å². The Hall–Kier alpha value is -5.67. The quantitative estimate of drug-likeness (QED) is 0.107. The van der Waals surface area contributed by atoms with Crippen LogP contribution in [0.15, 0.2) is 48.7 Å². The minimum atomic E-state index is -0.727. The number of rotatable bonds is 11. The molecule has 0 bridgehead atoms. The minimum absolute atomic E-state index is 0.0474. The molecule has 4 N–H and O–H groups in total. The van der Waals surface area contributed by atoms with Crippen molar-refractivity contribution in [3.05, 3.63) is 65.9 Å². The summed E-state index contributed by atoms with van der Waals surface area (Å²) in [4.78, 5) is 59.1. The first kappa shape index (κ1) is 40.1. The number of nitrogens with zero attached hydrogens (tertiary/aromatic N) is 4. The van der Waals surface area contributed by atoms with E-state index in [1.807, 2.05) is 18.0 Å². The van der Waals surface area contributed by atoms with Crippen LogP contribution < -0.4 is 15.4 Å². The fraction of sp³-hybridized carbons (Fsp3) is 0.477. The number of hydrogen-bond acceptors (Lipinski definition) is 10. The molecule has 0 radical (unpaired) electrons. The smallest absolute Gasteiger partial charge is 0.407 e. The lowest BCUT2D eigenvalue weighted by atomic mass is 9.92. The van der Waals surface area contributed by atoms with E-state index in [4.69, 9.17) is 28.9 Å². The number of alkyl carbamates (subject to hydrolysis) is 2. The maximum absolute atomic E-state index is 13.6. The average Bonchev–Trinajstić information content (AvgIpc) is 4.07. The van der Waals surface area contributed by atoms with Gasteiger partial charge >= 0.3 is 12.2 Å². The van der Waals surface area contributed by atoms with Gasteiger partial charge in [-0.25, -0.2) is 19.6 Å². The minimum Gasteiger partial charge on any atom is -0.488 e. The van der Waals surface area contributed by atoms with Crippen LogP contribution in [0.5, 0.6) is 5.75 Å². The van der Waals surface area contributed by atoms with E-state index in [1.165, 1.54) is 14.2 Å². The summed E-state index contributed by atoms with van der Waals surface area (Å²) < 4.78 is 21.7. The summed E-state index contributed by atoms with van der Waals surface area (Å²) in [5, 5.41) is 7.67. The van der Waals surface area contributed by atoms with Crippen LogP contribution in [0, 0.1) is 0 Å². The number of benzene rings is 3. The second kappa shape index (κ2) is 16.5. The Bertz CT molecular complexity index is 2380. The van der Waals surface area contributed by atoms with Crippen LogP contribution in [-0.2, 0) is 25.6 Å². The monoisotopic (exact) mass is 806 g/mol. The van der Waals surface area contributed by atoms with Gasteiger partial charge in [-0.3, -0.25) is 9.69 Å². The molecule has 7 unspecified atom stereocenters. The molecule has 5 heterocycles. The molecule has 312 valence electrons. The Balaban J connectivity index is 1.04. The zero-order valence-electron chi connectivity index (χ0n) is 34.8. The number of likely N-dealkylation sites (tertiary alicyclic amines) is 2. The lowest BCUT2D eigenvalue weighted by Crippen LogP contribution is -2.51. The molecule has 7 atom stereocenters. The van der Waals surface area contributed by atoms with Crippen LogP contribution in [0.2, 0.25) is 0 Å². The standard InChI is InChI=1S/C44H54N8O7/c1-8-29-12-16-37(52(29)42(53)24(3)46-43(54)57-6)40-45-20-34(48-40)27-10-13-30-28(17-27)22-59-38-19-31-26(18-32(30)38)11-14-33-39(31)50-41(47-33)36-15-9-23(2)51(36)21-35(25(4)56-5)49-44(55)58-7/h10-11,13-14,17-20,23-25,29,35-37H,8-9,12,15-16,21-22H2,1-7H3,(H,45,48)(H,46,54)(H,47,50)(H,49,55). The number of carbonyl (C=O) groups is 3. The number of aromatic amines is 2. The zero-order chi connectivity index (χ0) is 41.5. The Morgan fingerprint density at radius 2 is 1.69 bits per heavy atom. The molecule has 15 nitrogen and oxygen atoms in total. The van der Waals surface area contributed by atoms with Crippen molar-refractivity contribution in [1.29, 1.82) is 0 Å². The van der Waals surface area contributed by atoms with Crippen molar-refractivity contribution in [1.82, 2.24) is 40.4 Å². The number of hydrogen-bond donors (Lipinski definition) is 4. The van der Waals surface area contributed by atoms with Gasteiger partial charge in [0, 0.05) is 36.7 Å². The predicted molar refractivity (Wildman–Crippen MR) is 223 cm³/mol. The largest absolute Gasteiger partial charge is 0.488 e. The summed E-state index contributed by atoms with van der Waals surface area (Å²) in [5.41, 5.74) is 6.90. The molecule has 3 aliphatic heterocycles. The number of carbonyl (C=O) groups excluding carboxylic acids is 3. The average molecular weight is 807 g/mol. The molecule has 3 amide bonds. The highest BCUT2D eigenvalue weighted by atomic mass is 16.5. The van der Waals surface area contributed by atoms with Gasteiger partial charge in [0.05, 0.1) is 61.4 Å². The van der Waals surface area contributed by atoms with Crippen LogP contribution in [0.1, 0.15) is 89.1 Å². The Morgan fingerprint density at radius 3 is 2.46 bits per heavy atom. The van der Waals surface area contributed by atoms with Crippen molar-refractivity contribution in [3.8, 4) is 28.1 Å². The zero-order valence-corrected chi connectivity index (χ0v) is 34.8. The molecule has 0 spiro atoms. The van der Waals surface area contributed by atoms with E-state index >= 15 is 0 Å². The number of fused-ring (bicyclic) bond motifs is 6. The van der Waals surface area contributed by atoms with E-state index in [2.05, 4.69) is 81.8 Å². The molecule has 0 saturated carbocycles. The fourth-order valence-corrected chi connectivity index (χ4v) is 9.24. The number of methoxy groups -OCH3 is 3. The van der Waals surface area contributed by atoms with Gasteiger partial charge in [-0.05, 0) is 99.2 Å². The lowest BCUT2D eigenvalue weighted by Gasteiger charge is -2.33. The van der Waals surface area contributed by atoms with Crippen molar-refractivity contribution in [2.75, 3.05) is 27.9 Å². The number of amides is 3. The fourth-order valence-electron chi connectivity index (χ4n) is 9.24. The summed E-state index contributed by atoms with van der Waals surface area (Å²) in [7, 11) is 4.30. The summed E-state index contributed by atoms with van der Waals surface area (Å²) in [5.74, 6) is 2.28. The van der Waals surface area contributed by atoms with Crippen LogP contribution in [0.4, 0.5) is 9.59 Å². The van der Waals surface area contributed by atoms with E-state index in [-0.39, 0.29) is 36.2 Å². The molecule has 2 aromatic heterocycles. The van der Waals surface area contributed by atoms with Gasteiger partial charge < -0.3 is 44.4 Å². The van der Waals surface area contributed by atoms with Gasteiger partial charge in [0.25, 0.3) is 0 Å². The first-order valence-corrected chi connectivity index (χ1v) is 20.6. The van der Waals surface area contributed by atoms with Crippen LogP contribution in [0.3, 0.4) is 0 Å². The molecule has 15 heteroatoms. The van der Waals surface area contributed by atoms with Crippen molar-refractivity contribution in [2.45, 2.75) is 109 Å². The van der Waals surface area contributed by atoms with Gasteiger partial charge in [-0.2, -0.15) is 0 Å². The SMILES string of the molecule is CCC1CCC(c2ncc(-c3ccc4c(c3)COc3cc5c(ccc6[nH]c(C7CCC(C)N7CC(NC(=O)OC)C(C)OC)nc65)cc3-4)[nH]2)N1C(=O)C(C)NC(=O)OC. The van der Waals surface area contributed by atoms with E-state index in [1.54, 1.807) is 14.0 Å². The predicted octanol–water partition coefficient (Wildman–Crippen LogP) is 7.14. The normalized spacial score (nSPS) is 21.7. The van der Waals surface area contributed by atoms with Crippen LogP contribution in [-0.4, -0.2) is 106 Å². The Labute approximate surface area is 343 Å². The topological polar surface area (TPSA) is 176 Å². The van der Waals surface area contributed by atoms with Crippen molar-refractivity contribution >= 4 is 39.9 Å². The molecule has 59 heavy (non-hydrogen) atoms. The first-order valence-electron chi connectivity index (χ1n) is 20.6. The maximum Gasteiger partial charge on any atom is 0.407 e. The molecule has 8 rings (SSSR count). The molecule has 3 aliphatic rings.